The van der Waals surface area contributed by atoms with E-state index in [0.717, 1.165) is 55.6 Å². The number of ether oxygens (including phenoxy) is 3. The van der Waals surface area contributed by atoms with E-state index in [9.17, 15) is 9.59 Å². The highest BCUT2D eigenvalue weighted by molar-refractivity contribution is 5.91. The molecule has 0 saturated heterocycles. The number of rotatable bonds is 6. The van der Waals surface area contributed by atoms with E-state index >= 15 is 0 Å². The molecule has 0 bridgehead atoms. The number of carbonyl (C=O) groups excluding carboxylic acids is 2. The quantitative estimate of drug-likeness (QED) is 0.163. The summed E-state index contributed by atoms with van der Waals surface area (Å²) in [4.78, 5) is 26.0. The largest absolute Gasteiger partial charge is 0.425 e. The monoisotopic (exact) mass is 602 g/mol. The Morgan fingerprint density at radius 3 is 1.27 bits per heavy atom. The fraction of sp³-hybridized carbons (Fsp3) is 0.350. The normalized spacial score (nSPS) is 17.6. The van der Waals surface area contributed by atoms with E-state index in [0.29, 0.717) is 24.7 Å². The van der Waals surface area contributed by atoms with Crippen LogP contribution in [0.25, 0.3) is 0 Å². The Hall–Kier alpha value is -4.22. The Morgan fingerprint density at radius 2 is 0.933 bits per heavy atom. The zero-order chi connectivity index (χ0) is 32.3. The summed E-state index contributed by atoms with van der Waals surface area (Å²) in [6.07, 6.45) is 0. The van der Waals surface area contributed by atoms with E-state index in [2.05, 4.69) is 79.7 Å². The molecule has 2 aliphatic rings. The van der Waals surface area contributed by atoms with Crippen molar-refractivity contribution in [3.63, 3.8) is 0 Å². The lowest BCUT2D eigenvalue weighted by Crippen LogP contribution is -2.14. The SMILES string of the molecule is Cc1cc2c(c(C(C)(C)C)c1)OC(=O)C2c1ccc(COCc2ccc(C3C(=O)Oc4c3cc(C)cc4C(C)(C)C)cc2)cc1. The maximum Gasteiger partial charge on any atom is 0.323 e. The molecule has 2 unspecified atom stereocenters. The van der Waals surface area contributed by atoms with Gasteiger partial charge in [0.2, 0.25) is 0 Å². The van der Waals surface area contributed by atoms with Crippen LogP contribution >= 0.6 is 0 Å². The molecule has 0 saturated carbocycles. The summed E-state index contributed by atoms with van der Waals surface area (Å²) in [5.41, 5.74) is 9.87. The van der Waals surface area contributed by atoms with Gasteiger partial charge in [-0.15, -0.1) is 0 Å². The summed E-state index contributed by atoms with van der Waals surface area (Å²) in [7, 11) is 0. The first kappa shape index (κ1) is 30.8. The summed E-state index contributed by atoms with van der Waals surface area (Å²) in [6, 6.07) is 24.4. The van der Waals surface area contributed by atoms with Gasteiger partial charge < -0.3 is 14.2 Å². The first-order valence-electron chi connectivity index (χ1n) is 15.7. The molecule has 5 heteroatoms. The summed E-state index contributed by atoms with van der Waals surface area (Å²) >= 11 is 0. The molecule has 2 atom stereocenters. The Bertz CT molecular complexity index is 1650. The van der Waals surface area contributed by atoms with E-state index in [-0.39, 0.29) is 22.8 Å². The van der Waals surface area contributed by atoms with Gasteiger partial charge in [-0.3, -0.25) is 9.59 Å². The minimum Gasteiger partial charge on any atom is -0.425 e. The van der Waals surface area contributed by atoms with E-state index in [1.807, 2.05) is 48.5 Å². The average molecular weight is 603 g/mol. The topological polar surface area (TPSA) is 61.8 Å². The van der Waals surface area contributed by atoms with Gasteiger partial charge in [-0.2, -0.15) is 0 Å². The standard InChI is InChI=1S/C40H42O5/c1-23-17-29-33(37(41)44-35(29)31(19-23)39(3,4)5)27-13-9-25(10-14-27)21-43-22-26-11-15-28(16-12-26)34-30-18-24(2)20-32(40(6,7)8)36(30)45-38(34)42/h9-20,33-34H,21-22H2,1-8H3. The van der Waals surface area contributed by atoms with Crippen molar-refractivity contribution < 1.29 is 23.8 Å². The van der Waals surface area contributed by atoms with E-state index in [4.69, 9.17) is 14.2 Å². The van der Waals surface area contributed by atoms with Gasteiger partial charge in [-0.1, -0.05) is 125 Å². The molecule has 6 rings (SSSR count). The highest BCUT2D eigenvalue weighted by Gasteiger charge is 2.39. The number of carbonyl (C=O) groups is 2. The fourth-order valence-electron chi connectivity index (χ4n) is 6.48. The molecule has 0 aromatic heterocycles. The first-order valence-corrected chi connectivity index (χ1v) is 15.7. The molecule has 0 amide bonds. The maximum atomic E-state index is 13.0. The lowest BCUT2D eigenvalue weighted by atomic mass is 9.82. The zero-order valence-corrected chi connectivity index (χ0v) is 27.5. The smallest absolute Gasteiger partial charge is 0.323 e. The molecule has 0 aliphatic carbocycles. The van der Waals surface area contributed by atoms with Crippen molar-refractivity contribution in [2.75, 3.05) is 0 Å². The minimum absolute atomic E-state index is 0.129. The van der Waals surface area contributed by atoms with Gasteiger partial charge in [0, 0.05) is 22.3 Å². The number of hydrogen-bond acceptors (Lipinski definition) is 5. The summed E-state index contributed by atoms with van der Waals surface area (Å²) in [5, 5.41) is 0. The molecule has 4 aromatic rings. The second-order valence-electron chi connectivity index (χ2n) is 14.6. The average Bonchev–Trinajstić information content (AvgIpc) is 3.46. The van der Waals surface area contributed by atoms with Crippen molar-refractivity contribution >= 4 is 11.9 Å². The second kappa shape index (κ2) is 11.3. The van der Waals surface area contributed by atoms with Crippen molar-refractivity contribution in [3.05, 3.63) is 128 Å². The van der Waals surface area contributed by atoms with Gasteiger partial charge >= 0.3 is 11.9 Å². The van der Waals surface area contributed by atoms with Crippen LogP contribution in [0.15, 0.2) is 72.8 Å². The van der Waals surface area contributed by atoms with Crippen LogP contribution in [-0.4, -0.2) is 11.9 Å². The first-order chi connectivity index (χ1) is 21.2. The number of fused-ring (bicyclic) bond motifs is 2. The fourth-order valence-corrected chi connectivity index (χ4v) is 6.48. The third-order valence-corrected chi connectivity index (χ3v) is 8.80. The van der Waals surface area contributed by atoms with Gasteiger partial charge in [0.15, 0.2) is 0 Å². The lowest BCUT2D eigenvalue weighted by Gasteiger charge is -2.22. The molecule has 0 radical (unpaired) electrons. The molecule has 232 valence electrons. The number of aryl methyl sites for hydroxylation is 2. The van der Waals surface area contributed by atoms with Crippen LogP contribution in [0.2, 0.25) is 0 Å². The van der Waals surface area contributed by atoms with Crippen molar-refractivity contribution in [1.29, 1.82) is 0 Å². The van der Waals surface area contributed by atoms with E-state index < -0.39 is 11.8 Å². The molecule has 5 nitrogen and oxygen atoms in total. The highest BCUT2D eigenvalue weighted by atomic mass is 16.5. The van der Waals surface area contributed by atoms with Crippen LogP contribution < -0.4 is 9.47 Å². The Balaban J connectivity index is 1.11. The van der Waals surface area contributed by atoms with Crippen LogP contribution in [0.5, 0.6) is 11.5 Å². The van der Waals surface area contributed by atoms with Crippen molar-refractivity contribution in [2.45, 2.75) is 91.3 Å². The molecular weight excluding hydrogens is 560 g/mol. The van der Waals surface area contributed by atoms with Gasteiger partial charge in [0.25, 0.3) is 0 Å². The van der Waals surface area contributed by atoms with Crippen LogP contribution in [0.1, 0.15) is 109 Å². The van der Waals surface area contributed by atoms with Crippen LogP contribution in [-0.2, 0) is 38.4 Å². The minimum atomic E-state index is -0.428. The zero-order valence-electron chi connectivity index (χ0n) is 27.5. The summed E-state index contributed by atoms with van der Waals surface area (Å²) < 4.78 is 17.7. The molecule has 0 spiro atoms. The molecule has 2 heterocycles. The molecule has 45 heavy (non-hydrogen) atoms. The van der Waals surface area contributed by atoms with Crippen LogP contribution in [0, 0.1) is 13.8 Å². The highest BCUT2D eigenvalue weighted by Crippen LogP contribution is 2.47. The van der Waals surface area contributed by atoms with Gasteiger partial charge in [-0.25, -0.2) is 0 Å². The molecule has 0 N–H and O–H groups in total. The predicted molar refractivity (Wildman–Crippen MR) is 176 cm³/mol. The number of benzene rings is 4. The second-order valence-corrected chi connectivity index (χ2v) is 14.6. The number of hydrogen-bond donors (Lipinski definition) is 0. The summed E-state index contributed by atoms with van der Waals surface area (Å²) in [6.45, 7) is 17.8. The van der Waals surface area contributed by atoms with Gasteiger partial charge in [0.05, 0.1) is 13.2 Å². The van der Waals surface area contributed by atoms with Crippen LogP contribution in [0.3, 0.4) is 0 Å². The Morgan fingerprint density at radius 1 is 0.578 bits per heavy atom. The van der Waals surface area contributed by atoms with E-state index in [1.54, 1.807) is 0 Å². The third-order valence-electron chi connectivity index (χ3n) is 8.80. The Kier molecular flexibility index (Phi) is 7.73. The lowest BCUT2D eigenvalue weighted by molar-refractivity contribution is -0.134. The molecule has 0 fully saturated rings. The van der Waals surface area contributed by atoms with Gasteiger partial charge in [-0.05, 0) is 46.9 Å². The number of esters is 2. The predicted octanol–water partition coefficient (Wildman–Crippen LogP) is 8.72. The van der Waals surface area contributed by atoms with Crippen molar-refractivity contribution in [3.8, 4) is 11.5 Å². The third kappa shape index (κ3) is 5.94. The maximum absolute atomic E-state index is 13.0. The summed E-state index contributed by atoms with van der Waals surface area (Å²) in [5.74, 6) is 0.103. The van der Waals surface area contributed by atoms with Crippen LogP contribution in [0.4, 0.5) is 0 Å². The Labute approximate surface area is 266 Å². The molecular formula is C40H42O5. The molecule has 2 aliphatic heterocycles. The van der Waals surface area contributed by atoms with Crippen molar-refractivity contribution in [2.24, 2.45) is 0 Å². The van der Waals surface area contributed by atoms with E-state index in [1.165, 1.54) is 0 Å². The molecule has 4 aromatic carbocycles. The van der Waals surface area contributed by atoms with Gasteiger partial charge in [0.1, 0.15) is 23.3 Å². The van der Waals surface area contributed by atoms with Crippen molar-refractivity contribution in [1.82, 2.24) is 0 Å².